The largest absolute Gasteiger partial charge is 0.336 e. The Labute approximate surface area is 131 Å². The summed E-state index contributed by atoms with van der Waals surface area (Å²) in [5.41, 5.74) is 0. The molecule has 0 saturated heterocycles. The van der Waals surface area contributed by atoms with Gasteiger partial charge in [-0.25, -0.2) is 4.98 Å². The van der Waals surface area contributed by atoms with Crippen LogP contribution in [-0.4, -0.2) is 15.6 Å². The van der Waals surface area contributed by atoms with Gasteiger partial charge in [0, 0.05) is 30.4 Å². The van der Waals surface area contributed by atoms with Gasteiger partial charge in [0.2, 0.25) is 0 Å². The van der Waals surface area contributed by atoms with E-state index < -0.39 is 0 Å². The molecule has 2 heterocycles. The van der Waals surface area contributed by atoms with Gasteiger partial charge >= 0.3 is 0 Å². The van der Waals surface area contributed by atoms with Crippen molar-refractivity contribution < 1.29 is 0 Å². The van der Waals surface area contributed by atoms with Crippen LogP contribution < -0.4 is 5.32 Å². The van der Waals surface area contributed by atoms with E-state index in [0.717, 1.165) is 17.7 Å². The van der Waals surface area contributed by atoms with E-state index in [0.29, 0.717) is 6.04 Å². The fourth-order valence-electron chi connectivity index (χ4n) is 3.33. The SMILES string of the molecule is CC1CCC(NC(c2cccs2)c2nccn2C)CC1C. The van der Waals surface area contributed by atoms with Crippen LogP contribution >= 0.6 is 11.3 Å². The molecule has 0 aromatic carbocycles. The van der Waals surface area contributed by atoms with Crippen LogP contribution in [0.3, 0.4) is 0 Å². The molecule has 2 aromatic heterocycles. The van der Waals surface area contributed by atoms with Gasteiger partial charge in [-0.15, -0.1) is 11.3 Å². The maximum absolute atomic E-state index is 4.58. The van der Waals surface area contributed by atoms with Crippen molar-refractivity contribution in [1.82, 2.24) is 14.9 Å². The van der Waals surface area contributed by atoms with Crippen LogP contribution in [0, 0.1) is 11.8 Å². The van der Waals surface area contributed by atoms with Gasteiger partial charge in [-0.3, -0.25) is 0 Å². The van der Waals surface area contributed by atoms with Gasteiger partial charge in [-0.2, -0.15) is 0 Å². The Hall–Kier alpha value is -1.13. The highest BCUT2D eigenvalue weighted by atomic mass is 32.1. The molecule has 114 valence electrons. The van der Waals surface area contributed by atoms with E-state index in [4.69, 9.17) is 0 Å². The molecule has 2 aromatic rings. The highest BCUT2D eigenvalue weighted by Gasteiger charge is 2.28. The molecule has 1 saturated carbocycles. The number of aromatic nitrogens is 2. The smallest absolute Gasteiger partial charge is 0.131 e. The second kappa shape index (κ2) is 6.32. The van der Waals surface area contributed by atoms with Crippen LogP contribution in [-0.2, 0) is 7.05 Å². The van der Waals surface area contributed by atoms with E-state index in [1.807, 2.05) is 23.7 Å². The molecule has 0 bridgehead atoms. The third kappa shape index (κ3) is 3.22. The summed E-state index contributed by atoms with van der Waals surface area (Å²) < 4.78 is 2.13. The molecule has 0 radical (unpaired) electrons. The highest BCUT2D eigenvalue weighted by Crippen LogP contribution is 2.32. The lowest BCUT2D eigenvalue weighted by Crippen LogP contribution is -2.39. The van der Waals surface area contributed by atoms with Gasteiger partial charge in [0.1, 0.15) is 11.9 Å². The van der Waals surface area contributed by atoms with Crippen molar-refractivity contribution >= 4 is 11.3 Å². The van der Waals surface area contributed by atoms with Crippen LogP contribution in [0.5, 0.6) is 0 Å². The first-order chi connectivity index (χ1) is 10.1. The van der Waals surface area contributed by atoms with Crippen LogP contribution in [0.2, 0.25) is 0 Å². The average Bonchev–Trinajstić information content (AvgIpc) is 3.12. The van der Waals surface area contributed by atoms with E-state index in [9.17, 15) is 0 Å². The summed E-state index contributed by atoms with van der Waals surface area (Å²) in [6.45, 7) is 4.77. The van der Waals surface area contributed by atoms with Crippen molar-refractivity contribution in [2.45, 2.75) is 45.2 Å². The van der Waals surface area contributed by atoms with E-state index in [1.165, 1.54) is 24.1 Å². The summed E-state index contributed by atoms with van der Waals surface area (Å²) in [5, 5.41) is 6.03. The molecule has 3 nitrogen and oxygen atoms in total. The van der Waals surface area contributed by atoms with E-state index in [1.54, 1.807) is 0 Å². The summed E-state index contributed by atoms with van der Waals surface area (Å²) in [5.74, 6) is 2.78. The summed E-state index contributed by atoms with van der Waals surface area (Å²) in [7, 11) is 2.08. The Morgan fingerprint density at radius 1 is 1.33 bits per heavy atom. The molecular formula is C17H25N3S. The molecule has 1 aliphatic rings. The van der Waals surface area contributed by atoms with Crippen molar-refractivity contribution in [3.63, 3.8) is 0 Å². The summed E-state index contributed by atoms with van der Waals surface area (Å²) >= 11 is 1.81. The summed E-state index contributed by atoms with van der Waals surface area (Å²) in [4.78, 5) is 5.94. The van der Waals surface area contributed by atoms with E-state index >= 15 is 0 Å². The summed E-state index contributed by atoms with van der Waals surface area (Å²) in [6, 6.07) is 5.16. The fraction of sp³-hybridized carbons (Fsp3) is 0.588. The summed E-state index contributed by atoms with van der Waals surface area (Å²) in [6.07, 6.45) is 7.80. The average molecular weight is 303 g/mol. The fourth-order valence-corrected chi connectivity index (χ4v) is 4.11. The number of hydrogen-bond donors (Lipinski definition) is 1. The lowest BCUT2D eigenvalue weighted by atomic mass is 9.79. The molecule has 1 fully saturated rings. The number of nitrogens with zero attached hydrogens (tertiary/aromatic N) is 2. The molecule has 4 atom stereocenters. The van der Waals surface area contributed by atoms with Gasteiger partial charge in [0.15, 0.2) is 0 Å². The number of rotatable bonds is 4. The molecule has 0 amide bonds. The first-order valence-corrected chi connectivity index (χ1v) is 8.79. The molecule has 1 N–H and O–H groups in total. The predicted octanol–water partition coefficient (Wildman–Crippen LogP) is 3.99. The second-order valence-corrected chi connectivity index (χ2v) is 7.46. The normalized spacial score (nSPS) is 27.7. The van der Waals surface area contributed by atoms with Crippen LogP contribution in [0.15, 0.2) is 29.9 Å². The number of hydrogen-bond acceptors (Lipinski definition) is 3. The molecule has 4 heteroatoms. The molecule has 3 rings (SSSR count). The number of aryl methyl sites for hydroxylation is 1. The Morgan fingerprint density at radius 2 is 2.19 bits per heavy atom. The van der Waals surface area contributed by atoms with Gasteiger partial charge in [-0.1, -0.05) is 19.9 Å². The Balaban J connectivity index is 1.79. The zero-order valence-corrected chi connectivity index (χ0v) is 13.9. The van der Waals surface area contributed by atoms with Crippen molar-refractivity contribution in [2.75, 3.05) is 0 Å². The zero-order valence-electron chi connectivity index (χ0n) is 13.1. The first-order valence-electron chi connectivity index (χ1n) is 7.92. The lowest BCUT2D eigenvalue weighted by molar-refractivity contribution is 0.218. The number of imidazole rings is 1. The first kappa shape index (κ1) is 14.8. The minimum absolute atomic E-state index is 0.218. The Bertz CT molecular complexity index is 560. The topological polar surface area (TPSA) is 29.9 Å². The quantitative estimate of drug-likeness (QED) is 0.925. The van der Waals surface area contributed by atoms with Crippen LogP contribution in [0.1, 0.15) is 49.9 Å². The molecular weight excluding hydrogens is 278 g/mol. The maximum Gasteiger partial charge on any atom is 0.131 e. The monoisotopic (exact) mass is 303 g/mol. The van der Waals surface area contributed by atoms with Crippen LogP contribution in [0.25, 0.3) is 0 Å². The molecule has 21 heavy (non-hydrogen) atoms. The minimum atomic E-state index is 0.218. The Kier molecular flexibility index (Phi) is 4.45. The third-order valence-corrected chi connectivity index (χ3v) is 5.88. The van der Waals surface area contributed by atoms with Crippen LogP contribution in [0.4, 0.5) is 0 Å². The van der Waals surface area contributed by atoms with Gasteiger partial charge in [0.25, 0.3) is 0 Å². The zero-order chi connectivity index (χ0) is 14.8. The number of thiophene rings is 1. The van der Waals surface area contributed by atoms with Crippen molar-refractivity contribution in [1.29, 1.82) is 0 Å². The maximum atomic E-state index is 4.58. The molecule has 1 aliphatic carbocycles. The van der Waals surface area contributed by atoms with Gasteiger partial charge in [-0.05, 0) is 42.5 Å². The third-order valence-electron chi connectivity index (χ3n) is 4.94. The highest BCUT2D eigenvalue weighted by molar-refractivity contribution is 7.10. The standard InChI is InChI=1S/C17H25N3S/c1-12-6-7-14(11-13(12)2)19-16(15-5-4-10-21-15)17-18-8-9-20(17)3/h4-5,8-10,12-14,16,19H,6-7,11H2,1-3H3. The van der Waals surface area contributed by atoms with Gasteiger partial charge < -0.3 is 9.88 Å². The predicted molar refractivity (Wildman–Crippen MR) is 88.5 cm³/mol. The van der Waals surface area contributed by atoms with Crippen molar-refractivity contribution in [3.05, 3.63) is 40.6 Å². The number of nitrogens with one attached hydrogen (secondary N) is 1. The van der Waals surface area contributed by atoms with Crippen molar-refractivity contribution in [3.8, 4) is 0 Å². The molecule has 0 aliphatic heterocycles. The minimum Gasteiger partial charge on any atom is -0.336 e. The van der Waals surface area contributed by atoms with Crippen molar-refractivity contribution in [2.24, 2.45) is 18.9 Å². The van der Waals surface area contributed by atoms with E-state index in [2.05, 4.69) is 53.3 Å². The Morgan fingerprint density at radius 3 is 2.81 bits per heavy atom. The molecule has 0 spiro atoms. The lowest BCUT2D eigenvalue weighted by Gasteiger charge is -2.34. The van der Waals surface area contributed by atoms with Gasteiger partial charge in [0.05, 0.1) is 0 Å². The molecule has 4 unspecified atom stereocenters. The second-order valence-electron chi connectivity index (χ2n) is 6.48. The van der Waals surface area contributed by atoms with E-state index in [-0.39, 0.29) is 6.04 Å².